The number of hydrogen-bond acceptors (Lipinski definition) is 3. The van der Waals surface area contributed by atoms with E-state index in [9.17, 15) is 39.6 Å². The molecular weight excluding hydrogens is 486 g/mol. The summed E-state index contributed by atoms with van der Waals surface area (Å²) >= 11 is 0. The molecule has 12 heteroatoms. The predicted octanol–water partition coefficient (Wildman–Crippen LogP) is 4.72. The molecule has 1 aromatic carbocycles. The zero-order chi connectivity index (χ0) is 25.3. The first-order chi connectivity index (χ1) is 15.5. The van der Waals surface area contributed by atoms with Gasteiger partial charge in [-0.05, 0) is 87.8 Å². The lowest BCUT2D eigenvalue weighted by Crippen LogP contribution is -2.62. The number of hydrogen-bond donors (Lipinski definition) is 2. The van der Waals surface area contributed by atoms with Crippen LogP contribution >= 0.6 is 0 Å². The molecule has 0 saturated heterocycles. The van der Waals surface area contributed by atoms with E-state index in [2.05, 4.69) is 5.32 Å². The molecule has 0 atom stereocenters. The highest BCUT2D eigenvalue weighted by Crippen LogP contribution is 2.53. The van der Waals surface area contributed by atoms with E-state index < -0.39 is 49.8 Å². The number of carbonyl (C=O) groups is 1. The highest BCUT2D eigenvalue weighted by molar-refractivity contribution is 7.89. The van der Waals surface area contributed by atoms with Gasteiger partial charge in [-0.3, -0.25) is 4.79 Å². The Morgan fingerprint density at radius 1 is 0.824 bits per heavy atom. The third kappa shape index (κ3) is 4.93. The second-order valence-electron chi connectivity index (χ2n) is 10.4. The Hall–Kier alpha value is -1.82. The van der Waals surface area contributed by atoms with Crippen molar-refractivity contribution in [2.75, 3.05) is 0 Å². The van der Waals surface area contributed by atoms with E-state index in [0.717, 1.165) is 25.7 Å². The first-order valence-corrected chi connectivity index (χ1v) is 12.6. The molecule has 4 saturated carbocycles. The fourth-order valence-corrected chi connectivity index (χ4v) is 7.46. The minimum Gasteiger partial charge on any atom is -0.351 e. The maximum absolute atomic E-state index is 13.1. The zero-order valence-corrected chi connectivity index (χ0v) is 19.4. The summed E-state index contributed by atoms with van der Waals surface area (Å²) in [4.78, 5) is 11.8. The average Bonchev–Trinajstić information content (AvgIpc) is 2.67. The van der Waals surface area contributed by atoms with Gasteiger partial charge in [-0.2, -0.15) is 31.1 Å². The molecule has 34 heavy (non-hydrogen) atoms. The van der Waals surface area contributed by atoms with Gasteiger partial charge in [0, 0.05) is 6.04 Å². The van der Waals surface area contributed by atoms with Gasteiger partial charge in [-0.25, -0.2) is 8.42 Å². The molecule has 0 radical (unpaired) electrons. The fourth-order valence-electron chi connectivity index (χ4n) is 6.02. The Labute approximate surface area is 193 Å². The minimum atomic E-state index is -5.20. The molecule has 0 aromatic heterocycles. The van der Waals surface area contributed by atoms with Crippen LogP contribution in [-0.2, 0) is 27.2 Å². The summed E-state index contributed by atoms with van der Waals surface area (Å²) in [6.45, 7) is 2.46. The predicted molar refractivity (Wildman–Crippen MR) is 110 cm³/mol. The quantitative estimate of drug-likeness (QED) is 0.561. The number of alkyl halides is 6. The Morgan fingerprint density at radius 2 is 1.26 bits per heavy atom. The summed E-state index contributed by atoms with van der Waals surface area (Å²) in [7, 11) is -4.90. The zero-order valence-electron chi connectivity index (χ0n) is 18.6. The van der Waals surface area contributed by atoms with Gasteiger partial charge in [0.1, 0.15) is 5.54 Å². The van der Waals surface area contributed by atoms with Crippen molar-refractivity contribution in [2.24, 2.45) is 23.7 Å². The number of nitrogens with one attached hydrogen (secondary N) is 2. The molecule has 0 aliphatic heterocycles. The molecule has 4 aliphatic carbocycles. The number of sulfonamides is 1. The monoisotopic (exact) mass is 512 g/mol. The molecule has 0 heterocycles. The van der Waals surface area contributed by atoms with Crippen molar-refractivity contribution in [2.45, 2.75) is 74.8 Å². The molecule has 190 valence electrons. The molecule has 5 rings (SSSR count). The molecule has 1 aromatic rings. The van der Waals surface area contributed by atoms with Crippen molar-refractivity contribution in [3.05, 3.63) is 29.3 Å². The van der Waals surface area contributed by atoms with E-state index in [0.29, 0.717) is 23.7 Å². The molecule has 0 spiro atoms. The number of halogens is 6. The molecular formula is C22H26F6N2O3S. The van der Waals surface area contributed by atoms with Crippen molar-refractivity contribution in [3.8, 4) is 0 Å². The van der Waals surface area contributed by atoms with Gasteiger partial charge in [0.05, 0.1) is 16.0 Å². The highest BCUT2D eigenvalue weighted by Gasteiger charge is 2.49. The smallest absolute Gasteiger partial charge is 0.351 e. The fraction of sp³-hybridized carbons (Fsp3) is 0.682. The van der Waals surface area contributed by atoms with E-state index >= 15 is 0 Å². The van der Waals surface area contributed by atoms with Crippen molar-refractivity contribution in [1.29, 1.82) is 0 Å². The lowest BCUT2D eigenvalue weighted by molar-refractivity contribution is -0.143. The number of benzene rings is 1. The molecule has 0 unspecified atom stereocenters. The van der Waals surface area contributed by atoms with Crippen molar-refractivity contribution >= 4 is 15.9 Å². The highest BCUT2D eigenvalue weighted by atomic mass is 32.2. The van der Waals surface area contributed by atoms with Crippen molar-refractivity contribution in [1.82, 2.24) is 10.0 Å². The molecule has 4 fully saturated rings. The van der Waals surface area contributed by atoms with Gasteiger partial charge >= 0.3 is 12.4 Å². The van der Waals surface area contributed by atoms with Gasteiger partial charge in [0.2, 0.25) is 15.9 Å². The maximum atomic E-state index is 13.1. The van der Waals surface area contributed by atoms with Crippen LogP contribution in [0, 0.1) is 23.7 Å². The summed E-state index contributed by atoms with van der Waals surface area (Å²) in [5.74, 6) is 1.21. The third-order valence-corrected chi connectivity index (χ3v) is 8.99. The first-order valence-electron chi connectivity index (χ1n) is 11.1. The van der Waals surface area contributed by atoms with Crippen LogP contribution in [0.3, 0.4) is 0 Å². The topological polar surface area (TPSA) is 75.3 Å². The first kappa shape index (κ1) is 25.3. The van der Waals surface area contributed by atoms with Crippen LogP contribution in [0.1, 0.15) is 57.1 Å². The summed E-state index contributed by atoms with van der Waals surface area (Å²) in [5, 5.41) is 2.92. The SMILES string of the molecule is CC(C)(NS(=O)(=O)c1cc(C(F)(F)F)cc(C(F)(F)F)c1)C(=O)NC1C2C[C@H]3CC1C[C@H](C2)C3. The van der Waals surface area contributed by atoms with E-state index in [1.54, 1.807) is 0 Å². The average molecular weight is 513 g/mol. The van der Waals surface area contributed by atoms with Gasteiger partial charge in [0.15, 0.2) is 0 Å². The molecule has 5 nitrogen and oxygen atoms in total. The number of carbonyl (C=O) groups excluding carboxylic acids is 1. The van der Waals surface area contributed by atoms with E-state index in [-0.39, 0.29) is 24.2 Å². The minimum absolute atomic E-state index is 0.116. The van der Waals surface area contributed by atoms with E-state index in [4.69, 9.17) is 0 Å². The van der Waals surface area contributed by atoms with Crippen LogP contribution in [0.25, 0.3) is 0 Å². The van der Waals surface area contributed by atoms with Crippen LogP contribution in [-0.4, -0.2) is 25.9 Å². The van der Waals surface area contributed by atoms with Gasteiger partial charge < -0.3 is 5.32 Å². The second-order valence-corrected chi connectivity index (χ2v) is 12.1. The maximum Gasteiger partial charge on any atom is 0.416 e. The van der Waals surface area contributed by atoms with Gasteiger partial charge in [0.25, 0.3) is 0 Å². The number of rotatable bonds is 5. The molecule has 4 bridgehead atoms. The summed E-state index contributed by atoms with van der Waals surface area (Å²) in [5.41, 5.74) is -5.31. The number of amides is 1. The summed E-state index contributed by atoms with van der Waals surface area (Å²) in [6, 6.07) is -0.00910. The van der Waals surface area contributed by atoms with Crippen LogP contribution in [0.4, 0.5) is 26.3 Å². The summed E-state index contributed by atoms with van der Waals surface area (Å²) < 4.78 is 107. The largest absolute Gasteiger partial charge is 0.416 e. The van der Waals surface area contributed by atoms with Gasteiger partial charge in [-0.1, -0.05) is 0 Å². The molecule has 1 amide bonds. The Morgan fingerprint density at radius 3 is 1.68 bits per heavy atom. The van der Waals surface area contributed by atoms with E-state index in [1.165, 1.54) is 20.3 Å². The standard InChI is InChI=1S/C22H26F6N2O3S/c1-20(2,19(31)29-18-13-4-11-3-12(6-13)7-14(18)5-11)30-34(32,33)17-9-15(21(23,24)25)8-16(10-17)22(26,27)28/h8-14,18,30H,3-7H2,1-2H3,(H,29,31)/t11-,12-,13?,14?,18?. The molecule has 4 aliphatic rings. The molecule has 2 N–H and O–H groups in total. The van der Waals surface area contributed by atoms with Crippen molar-refractivity contribution in [3.63, 3.8) is 0 Å². The van der Waals surface area contributed by atoms with Crippen LogP contribution in [0.15, 0.2) is 23.1 Å². The lowest BCUT2D eigenvalue weighted by atomic mass is 9.54. The lowest BCUT2D eigenvalue weighted by Gasteiger charge is -2.54. The van der Waals surface area contributed by atoms with E-state index in [1.807, 2.05) is 4.72 Å². The van der Waals surface area contributed by atoms with Gasteiger partial charge in [-0.15, -0.1) is 0 Å². The normalized spacial score (nSPS) is 29.4. The summed E-state index contributed by atoms with van der Waals surface area (Å²) in [6.07, 6.45) is -5.21. The van der Waals surface area contributed by atoms with Crippen LogP contribution in [0.2, 0.25) is 0 Å². The van der Waals surface area contributed by atoms with Crippen LogP contribution < -0.4 is 10.0 Å². The Balaban J connectivity index is 1.55. The second kappa shape index (κ2) is 8.11. The van der Waals surface area contributed by atoms with Crippen molar-refractivity contribution < 1.29 is 39.6 Å². The Bertz CT molecular complexity index is 1020. The van der Waals surface area contributed by atoms with Crippen LogP contribution in [0.5, 0.6) is 0 Å². The Kier molecular flexibility index (Phi) is 6.03. The third-order valence-electron chi connectivity index (χ3n) is 7.35.